The summed E-state index contributed by atoms with van der Waals surface area (Å²) in [5.41, 5.74) is 0.0817. The van der Waals surface area contributed by atoms with E-state index in [1.54, 1.807) is 19.2 Å². The van der Waals surface area contributed by atoms with Gasteiger partial charge in [-0.15, -0.1) is 0 Å². The molecule has 0 bridgehead atoms. The van der Waals surface area contributed by atoms with Crippen molar-refractivity contribution in [2.75, 3.05) is 32.5 Å². The van der Waals surface area contributed by atoms with Gasteiger partial charge in [0.25, 0.3) is 0 Å². The van der Waals surface area contributed by atoms with Crippen molar-refractivity contribution in [1.29, 1.82) is 0 Å². The standard InChI is InChI=1S/C11H18ClN3O/c1-11(16,8-15(2)3)7-14-9-4-5-13-10(12)6-9/h4-6,16H,7-8H2,1-3H3,(H,13,14). The zero-order chi connectivity index (χ0) is 12.2. The Kier molecular flexibility index (Phi) is 4.53. The average Bonchev–Trinajstić information content (AvgIpc) is 2.13. The van der Waals surface area contributed by atoms with Gasteiger partial charge in [-0.1, -0.05) is 11.6 Å². The fourth-order valence-electron chi connectivity index (χ4n) is 1.54. The van der Waals surface area contributed by atoms with E-state index in [4.69, 9.17) is 11.6 Å². The summed E-state index contributed by atoms with van der Waals surface area (Å²) in [5.74, 6) is 0. The van der Waals surface area contributed by atoms with Crippen LogP contribution in [-0.4, -0.2) is 47.8 Å². The number of anilines is 1. The van der Waals surface area contributed by atoms with Crippen LogP contribution < -0.4 is 5.32 Å². The first-order valence-electron chi connectivity index (χ1n) is 5.12. The molecule has 0 aliphatic carbocycles. The van der Waals surface area contributed by atoms with Gasteiger partial charge in [-0.05, 0) is 33.2 Å². The van der Waals surface area contributed by atoms with Crippen molar-refractivity contribution in [1.82, 2.24) is 9.88 Å². The van der Waals surface area contributed by atoms with Gasteiger partial charge in [0.2, 0.25) is 0 Å². The van der Waals surface area contributed by atoms with Gasteiger partial charge in [-0.3, -0.25) is 0 Å². The van der Waals surface area contributed by atoms with E-state index in [1.807, 2.05) is 25.1 Å². The summed E-state index contributed by atoms with van der Waals surface area (Å²) >= 11 is 5.76. The molecule has 0 aliphatic heterocycles. The largest absolute Gasteiger partial charge is 0.387 e. The molecule has 2 N–H and O–H groups in total. The van der Waals surface area contributed by atoms with Crippen molar-refractivity contribution in [2.24, 2.45) is 0 Å². The van der Waals surface area contributed by atoms with E-state index in [0.29, 0.717) is 18.2 Å². The van der Waals surface area contributed by atoms with Crippen LogP contribution in [0.5, 0.6) is 0 Å². The third-order valence-corrected chi connectivity index (χ3v) is 2.26. The summed E-state index contributed by atoms with van der Waals surface area (Å²) in [7, 11) is 3.86. The molecule has 4 nitrogen and oxygen atoms in total. The fourth-order valence-corrected chi connectivity index (χ4v) is 1.72. The predicted molar refractivity (Wildman–Crippen MR) is 66.9 cm³/mol. The Bertz CT molecular complexity index is 342. The first-order chi connectivity index (χ1) is 7.39. The lowest BCUT2D eigenvalue weighted by Crippen LogP contribution is -2.43. The molecular formula is C11H18ClN3O. The van der Waals surface area contributed by atoms with E-state index in [2.05, 4.69) is 10.3 Å². The summed E-state index contributed by atoms with van der Waals surface area (Å²) in [6.07, 6.45) is 1.63. The molecule has 0 fully saturated rings. The molecule has 1 aromatic heterocycles. The summed E-state index contributed by atoms with van der Waals surface area (Å²) in [4.78, 5) is 5.83. The summed E-state index contributed by atoms with van der Waals surface area (Å²) in [6.45, 7) is 2.85. The summed E-state index contributed by atoms with van der Waals surface area (Å²) < 4.78 is 0. The molecule has 1 heterocycles. The molecule has 1 aromatic rings. The lowest BCUT2D eigenvalue weighted by atomic mass is 10.1. The van der Waals surface area contributed by atoms with Gasteiger partial charge in [0, 0.05) is 25.0 Å². The lowest BCUT2D eigenvalue weighted by molar-refractivity contribution is 0.0460. The summed E-state index contributed by atoms with van der Waals surface area (Å²) in [5, 5.41) is 13.6. The van der Waals surface area contributed by atoms with E-state index >= 15 is 0 Å². The van der Waals surface area contributed by atoms with E-state index in [-0.39, 0.29) is 0 Å². The molecule has 1 rings (SSSR count). The van der Waals surface area contributed by atoms with Crippen molar-refractivity contribution in [3.63, 3.8) is 0 Å². The van der Waals surface area contributed by atoms with Crippen molar-refractivity contribution in [3.8, 4) is 0 Å². The second-order valence-electron chi connectivity index (χ2n) is 4.46. The van der Waals surface area contributed by atoms with Crippen LogP contribution in [0.1, 0.15) is 6.92 Å². The summed E-state index contributed by atoms with van der Waals surface area (Å²) in [6, 6.07) is 3.55. The van der Waals surface area contributed by atoms with Crippen molar-refractivity contribution >= 4 is 17.3 Å². The monoisotopic (exact) mass is 243 g/mol. The molecule has 0 radical (unpaired) electrons. The lowest BCUT2D eigenvalue weighted by Gasteiger charge is -2.27. The number of aromatic nitrogens is 1. The molecule has 0 saturated carbocycles. The number of hydrogen-bond acceptors (Lipinski definition) is 4. The van der Waals surface area contributed by atoms with Crippen LogP contribution in [0.3, 0.4) is 0 Å². The third-order valence-electron chi connectivity index (χ3n) is 2.06. The zero-order valence-corrected chi connectivity index (χ0v) is 10.6. The first kappa shape index (κ1) is 13.2. The highest BCUT2D eigenvalue weighted by Crippen LogP contribution is 2.13. The van der Waals surface area contributed by atoms with Crippen LogP contribution >= 0.6 is 11.6 Å². The van der Waals surface area contributed by atoms with Crippen LogP contribution in [-0.2, 0) is 0 Å². The maximum absolute atomic E-state index is 10.1. The van der Waals surface area contributed by atoms with E-state index in [0.717, 1.165) is 5.69 Å². The van der Waals surface area contributed by atoms with Crippen LogP contribution in [0.4, 0.5) is 5.69 Å². The molecular weight excluding hydrogens is 226 g/mol. The van der Waals surface area contributed by atoms with Crippen molar-refractivity contribution in [3.05, 3.63) is 23.5 Å². The van der Waals surface area contributed by atoms with Gasteiger partial charge in [-0.2, -0.15) is 0 Å². The van der Waals surface area contributed by atoms with Gasteiger partial charge < -0.3 is 15.3 Å². The van der Waals surface area contributed by atoms with Gasteiger partial charge >= 0.3 is 0 Å². The van der Waals surface area contributed by atoms with Gasteiger partial charge in [0.1, 0.15) is 5.15 Å². The average molecular weight is 244 g/mol. The van der Waals surface area contributed by atoms with E-state index < -0.39 is 5.60 Å². The topological polar surface area (TPSA) is 48.4 Å². The van der Waals surface area contributed by atoms with Gasteiger partial charge in [0.15, 0.2) is 0 Å². The fraction of sp³-hybridized carbons (Fsp3) is 0.545. The zero-order valence-electron chi connectivity index (χ0n) is 9.87. The number of hydrogen-bond donors (Lipinski definition) is 2. The molecule has 16 heavy (non-hydrogen) atoms. The SMILES string of the molecule is CN(C)CC(C)(O)CNc1ccnc(Cl)c1. The Hall–Kier alpha value is -0.840. The third kappa shape index (κ3) is 4.79. The number of aliphatic hydroxyl groups is 1. The van der Waals surface area contributed by atoms with Crippen molar-refractivity contribution < 1.29 is 5.11 Å². The number of nitrogens with zero attached hydrogens (tertiary/aromatic N) is 2. The Balaban J connectivity index is 2.50. The Morgan fingerprint density at radius 1 is 1.56 bits per heavy atom. The smallest absolute Gasteiger partial charge is 0.131 e. The van der Waals surface area contributed by atoms with Crippen LogP contribution in [0.2, 0.25) is 5.15 Å². The first-order valence-corrected chi connectivity index (χ1v) is 5.49. The van der Waals surface area contributed by atoms with Crippen molar-refractivity contribution in [2.45, 2.75) is 12.5 Å². The number of likely N-dealkylation sites (N-methyl/N-ethyl adjacent to an activating group) is 1. The molecule has 0 spiro atoms. The second kappa shape index (κ2) is 5.48. The molecule has 90 valence electrons. The van der Waals surface area contributed by atoms with Crippen LogP contribution in [0, 0.1) is 0 Å². The minimum Gasteiger partial charge on any atom is -0.387 e. The maximum Gasteiger partial charge on any atom is 0.131 e. The molecule has 0 aliphatic rings. The highest BCUT2D eigenvalue weighted by molar-refractivity contribution is 6.29. The Morgan fingerprint density at radius 2 is 2.25 bits per heavy atom. The molecule has 1 atom stereocenters. The minimum absolute atomic E-state index is 0.442. The van der Waals surface area contributed by atoms with Crippen LogP contribution in [0.15, 0.2) is 18.3 Å². The molecule has 5 heteroatoms. The maximum atomic E-state index is 10.1. The molecule has 0 saturated heterocycles. The molecule has 0 aromatic carbocycles. The van der Waals surface area contributed by atoms with E-state index in [1.165, 1.54) is 0 Å². The molecule has 0 amide bonds. The minimum atomic E-state index is -0.779. The van der Waals surface area contributed by atoms with Gasteiger partial charge in [-0.25, -0.2) is 4.98 Å². The normalized spacial score (nSPS) is 14.9. The quantitative estimate of drug-likeness (QED) is 0.769. The number of rotatable bonds is 5. The van der Waals surface area contributed by atoms with Gasteiger partial charge in [0.05, 0.1) is 5.60 Å². The predicted octanol–water partition coefficient (Wildman–Crippen LogP) is 1.46. The number of pyridine rings is 1. The highest BCUT2D eigenvalue weighted by Gasteiger charge is 2.20. The highest BCUT2D eigenvalue weighted by atomic mass is 35.5. The molecule has 1 unspecified atom stereocenters. The number of halogens is 1. The van der Waals surface area contributed by atoms with E-state index in [9.17, 15) is 5.11 Å². The Labute approximate surface area is 101 Å². The Morgan fingerprint density at radius 3 is 2.81 bits per heavy atom. The van der Waals surface area contributed by atoms with Crippen LogP contribution in [0.25, 0.3) is 0 Å². The number of nitrogens with one attached hydrogen (secondary N) is 1. The second-order valence-corrected chi connectivity index (χ2v) is 4.84.